The fraction of sp³-hybridized carbons (Fsp3) is 0.150. The number of hydrogen-bond acceptors (Lipinski definition) is 6. The Morgan fingerprint density at radius 1 is 1.19 bits per heavy atom. The molecule has 0 fully saturated rings. The van der Waals surface area contributed by atoms with Gasteiger partial charge in [0.1, 0.15) is 10.6 Å². The molecule has 0 spiro atoms. The molecular weight excluding hydrogens is 380 g/mol. The Hall–Kier alpha value is -2.64. The van der Waals surface area contributed by atoms with Crippen LogP contribution in [0, 0.1) is 6.92 Å². The van der Waals surface area contributed by atoms with Crippen LogP contribution < -0.4 is 5.32 Å². The Kier molecular flexibility index (Phi) is 6.26. The molecule has 1 amide bonds. The Balaban J connectivity index is 1.79. The van der Waals surface area contributed by atoms with Crippen molar-refractivity contribution < 1.29 is 14.3 Å². The zero-order valence-corrected chi connectivity index (χ0v) is 16.5. The number of ether oxygens (including phenoxy) is 1. The zero-order chi connectivity index (χ0) is 19.2. The van der Waals surface area contributed by atoms with E-state index in [2.05, 4.69) is 10.3 Å². The molecule has 0 aliphatic heterocycles. The summed E-state index contributed by atoms with van der Waals surface area (Å²) in [6.07, 6.45) is 1.68. The van der Waals surface area contributed by atoms with Gasteiger partial charge in [-0.1, -0.05) is 47.7 Å². The lowest BCUT2D eigenvalue weighted by Crippen LogP contribution is -2.16. The van der Waals surface area contributed by atoms with Gasteiger partial charge in [0.25, 0.3) is 0 Å². The predicted octanol–water partition coefficient (Wildman–Crippen LogP) is 4.64. The fourth-order valence-corrected chi connectivity index (χ4v) is 4.07. The highest BCUT2D eigenvalue weighted by atomic mass is 32.2. The van der Waals surface area contributed by atoms with Crippen LogP contribution in [0.4, 0.5) is 5.00 Å². The van der Waals surface area contributed by atoms with Gasteiger partial charge in [-0.2, -0.15) is 0 Å². The molecular formula is C20H18N2O3S2. The van der Waals surface area contributed by atoms with Gasteiger partial charge < -0.3 is 10.1 Å². The molecule has 0 atom stereocenters. The van der Waals surface area contributed by atoms with E-state index in [1.54, 1.807) is 6.20 Å². The number of nitrogens with one attached hydrogen (secondary N) is 1. The molecule has 1 N–H and O–H groups in total. The van der Waals surface area contributed by atoms with Crippen molar-refractivity contribution in [2.45, 2.75) is 11.9 Å². The molecule has 2 aromatic heterocycles. The van der Waals surface area contributed by atoms with Crippen LogP contribution in [0.5, 0.6) is 0 Å². The number of nitrogens with zero attached hydrogens (tertiary/aromatic N) is 1. The highest BCUT2D eigenvalue weighted by Crippen LogP contribution is 2.36. The van der Waals surface area contributed by atoms with Crippen LogP contribution in [0.25, 0.3) is 11.1 Å². The maximum Gasteiger partial charge on any atom is 0.341 e. The predicted molar refractivity (Wildman–Crippen MR) is 109 cm³/mol. The molecule has 0 unspecified atom stereocenters. The molecule has 2 heterocycles. The summed E-state index contributed by atoms with van der Waals surface area (Å²) in [4.78, 5) is 28.8. The van der Waals surface area contributed by atoms with Gasteiger partial charge in [-0.05, 0) is 24.6 Å². The summed E-state index contributed by atoms with van der Waals surface area (Å²) in [5, 5.41) is 5.95. The summed E-state index contributed by atoms with van der Waals surface area (Å²) in [5.41, 5.74) is 3.16. The number of carbonyl (C=O) groups excluding carboxylic acids is 2. The summed E-state index contributed by atoms with van der Waals surface area (Å²) in [6.45, 7) is 2.00. The van der Waals surface area contributed by atoms with Gasteiger partial charge in [0, 0.05) is 17.1 Å². The van der Waals surface area contributed by atoms with E-state index in [0.717, 1.165) is 21.7 Å². The van der Waals surface area contributed by atoms with Gasteiger partial charge in [-0.25, -0.2) is 9.78 Å². The summed E-state index contributed by atoms with van der Waals surface area (Å²) in [6, 6.07) is 13.4. The Morgan fingerprint density at radius 2 is 1.96 bits per heavy atom. The van der Waals surface area contributed by atoms with Crippen LogP contribution in [0.2, 0.25) is 0 Å². The summed E-state index contributed by atoms with van der Waals surface area (Å²) in [5.74, 6) is -0.470. The number of amides is 1. The average Bonchev–Trinajstić information content (AvgIpc) is 3.10. The van der Waals surface area contributed by atoms with Gasteiger partial charge in [0.05, 0.1) is 17.9 Å². The molecule has 0 aliphatic carbocycles. The van der Waals surface area contributed by atoms with Crippen molar-refractivity contribution in [1.29, 1.82) is 0 Å². The number of anilines is 1. The normalized spacial score (nSPS) is 10.4. The van der Waals surface area contributed by atoms with Gasteiger partial charge >= 0.3 is 5.97 Å². The molecule has 5 nitrogen and oxygen atoms in total. The van der Waals surface area contributed by atoms with E-state index in [9.17, 15) is 9.59 Å². The molecule has 7 heteroatoms. The molecule has 0 saturated heterocycles. The first-order valence-electron chi connectivity index (χ1n) is 8.19. The highest BCUT2D eigenvalue weighted by molar-refractivity contribution is 7.99. The number of thiophene rings is 1. The fourth-order valence-electron chi connectivity index (χ4n) is 2.43. The van der Waals surface area contributed by atoms with Crippen LogP contribution in [0.15, 0.2) is 59.1 Å². The number of hydrogen-bond donors (Lipinski definition) is 1. The van der Waals surface area contributed by atoms with Crippen LogP contribution in [-0.4, -0.2) is 29.7 Å². The molecule has 138 valence electrons. The number of aryl methyl sites for hydroxylation is 1. The zero-order valence-electron chi connectivity index (χ0n) is 14.9. The summed E-state index contributed by atoms with van der Waals surface area (Å²) in [7, 11) is 1.33. The van der Waals surface area contributed by atoms with Crippen molar-refractivity contribution in [3.8, 4) is 11.1 Å². The third-order valence-electron chi connectivity index (χ3n) is 3.78. The minimum atomic E-state index is -0.473. The number of esters is 1. The van der Waals surface area contributed by atoms with Gasteiger partial charge in [0.15, 0.2) is 0 Å². The molecule has 27 heavy (non-hydrogen) atoms. The van der Waals surface area contributed by atoms with E-state index in [4.69, 9.17) is 4.74 Å². The lowest BCUT2D eigenvalue weighted by molar-refractivity contribution is -0.113. The first-order chi connectivity index (χ1) is 13.1. The first kappa shape index (κ1) is 19.1. The topological polar surface area (TPSA) is 68.3 Å². The standard InChI is InChI=1S/C20H18N2O3S2/c1-13-6-8-14(9-7-13)15-11-27-19(18(15)20(24)25-2)22-16(23)12-26-17-5-3-4-10-21-17/h3-11H,12H2,1-2H3,(H,22,23). The quantitative estimate of drug-likeness (QED) is 0.484. The monoisotopic (exact) mass is 398 g/mol. The van der Waals surface area contributed by atoms with E-state index in [1.807, 2.05) is 54.8 Å². The van der Waals surface area contributed by atoms with Gasteiger partial charge in [-0.3, -0.25) is 4.79 Å². The number of carbonyl (C=O) groups is 2. The van der Waals surface area contributed by atoms with E-state index < -0.39 is 5.97 Å². The van der Waals surface area contributed by atoms with Crippen molar-refractivity contribution in [3.05, 3.63) is 65.2 Å². The molecule has 1 aromatic carbocycles. The summed E-state index contributed by atoms with van der Waals surface area (Å²) >= 11 is 2.65. The summed E-state index contributed by atoms with van der Waals surface area (Å²) < 4.78 is 4.93. The molecule has 0 saturated carbocycles. The van der Waals surface area contributed by atoms with Crippen LogP contribution in [0.3, 0.4) is 0 Å². The van der Waals surface area contributed by atoms with Gasteiger partial charge in [0.2, 0.25) is 5.91 Å². The molecule has 3 rings (SSSR count). The van der Waals surface area contributed by atoms with E-state index in [1.165, 1.54) is 30.2 Å². The number of methoxy groups -OCH3 is 1. The van der Waals surface area contributed by atoms with E-state index in [-0.39, 0.29) is 11.7 Å². The lowest BCUT2D eigenvalue weighted by Gasteiger charge is -2.08. The Bertz CT molecular complexity index is 938. The highest BCUT2D eigenvalue weighted by Gasteiger charge is 2.22. The SMILES string of the molecule is COC(=O)c1c(-c2ccc(C)cc2)csc1NC(=O)CSc1ccccn1. The first-order valence-corrected chi connectivity index (χ1v) is 10.1. The lowest BCUT2D eigenvalue weighted by atomic mass is 10.0. The van der Waals surface area contributed by atoms with Crippen molar-refractivity contribution in [2.24, 2.45) is 0 Å². The van der Waals surface area contributed by atoms with Gasteiger partial charge in [-0.15, -0.1) is 11.3 Å². The number of thioether (sulfide) groups is 1. The number of pyridine rings is 1. The number of rotatable bonds is 6. The van der Waals surface area contributed by atoms with Crippen LogP contribution in [0.1, 0.15) is 15.9 Å². The second-order valence-corrected chi connectivity index (χ2v) is 7.59. The van der Waals surface area contributed by atoms with Crippen molar-refractivity contribution in [3.63, 3.8) is 0 Å². The minimum Gasteiger partial charge on any atom is -0.465 e. The van der Waals surface area contributed by atoms with E-state index >= 15 is 0 Å². The Labute approximate surface area is 165 Å². The third-order valence-corrected chi connectivity index (χ3v) is 5.62. The Morgan fingerprint density at radius 3 is 2.63 bits per heavy atom. The smallest absolute Gasteiger partial charge is 0.341 e. The minimum absolute atomic E-state index is 0.201. The molecule has 0 radical (unpaired) electrons. The largest absolute Gasteiger partial charge is 0.465 e. The average molecular weight is 399 g/mol. The molecule has 3 aromatic rings. The maximum atomic E-state index is 12.3. The number of benzene rings is 1. The van der Waals surface area contributed by atoms with Crippen LogP contribution >= 0.6 is 23.1 Å². The molecule has 0 bridgehead atoms. The maximum absolute atomic E-state index is 12.3. The second-order valence-electron chi connectivity index (χ2n) is 5.72. The molecule has 0 aliphatic rings. The van der Waals surface area contributed by atoms with E-state index in [0.29, 0.717) is 10.6 Å². The third kappa shape index (κ3) is 4.75. The van der Waals surface area contributed by atoms with Crippen LogP contribution in [-0.2, 0) is 9.53 Å². The number of aromatic nitrogens is 1. The van der Waals surface area contributed by atoms with Crippen molar-refractivity contribution in [2.75, 3.05) is 18.2 Å². The van der Waals surface area contributed by atoms with Crippen molar-refractivity contribution in [1.82, 2.24) is 4.98 Å². The van der Waals surface area contributed by atoms with Crippen molar-refractivity contribution >= 4 is 40.0 Å². The second kappa shape index (κ2) is 8.83.